The van der Waals surface area contributed by atoms with Gasteiger partial charge < -0.3 is 44.7 Å². The second-order valence-electron chi connectivity index (χ2n) is 11.5. The predicted molar refractivity (Wildman–Crippen MR) is 155 cm³/mol. The van der Waals surface area contributed by atoms with E-state index in [9.17, 15) is 24.3 Å². The second kappa shape index (κ2) is 10.2. The minimum absolute atomic E-state index is 0.119. The van der Waals surface area contributed by atoms with Crippen LogP contribution in [-0.4, -0.2) is 97.7 Å². The second-order valence-corrected chi connectivity index (χ2v) is 15.7. The number of phosphoric acid groups is 1. The average molecular weight is 703 g/mol. The first-order valence-corrected chi connectivity index (χ1v) is 17.8. The van der Waals surface area contributed by atoms with Gasteiger partial charge in [-0.05, 0) is 24.1 Å². The minimum Gasteiger partial charge on any atom is -0.388 e. The zero-order valence-corrected chi connectivity index (χ0v) is 25.7. The van der Waals surface area contributed by atoms with E-state index in [1.807, 2.05) is 0 Å². The first-order chi connectivity index (χ1) is 21.8. The van der Waals surface area contributed by atoms with E-state index in [0.717, 1.165) is 10.9 Å². The molecule has 20 nitrogen and oxygen atoms in total. The van der Waals surface area contributed by atoms with Crippen molar-refractivity contribution in [2.75, 3.05) is 24.7 Å². The molecule has 4 aromatic heterocycles. The van der Waals surface area contributed by atoms with Gasteiger partial charge in [0.25, 0.3) is 5.56 Å². The van der Waals surface area contributed by atoms with Gasteiger partial charge in [0.2, 0.25) is 5.95 Å². The van der Waals surface area contributed by atoms with Crippen LogP contribution >= 0.6 is 14.5 Å². The van der Waals surface area contributed by atoms with Crippen molar-refractivity contribution < 1.29 is 46.7 Å². The Labute approximate surface area is 260 Å². The molecule has 0 radical (unpaired) electrons. The molecule has 46 heavy (non-hydrogen) atoms. The lowest BCUT2D eigenvalue weighted by Gasteiger charge is -2.31. The lowest BCUT2D eigenvalue weighted by molar-refractivity contribution is -0.0610. The molecule has 0 aromatic carbocycles. The maximum atomic E-state index is 15.9. The van der Waals surface area contributed by atoms with Crippen molar-refractivity contribution in [1.29, 1.82) is 0 Å². The highest BCUT2D eigenvalue weighted by Gasteiger charge is 2.74. The largest absolute Gasteiger partial charge is 0.472 e. The van der Waals surface area contributed by atoms with Crippen LogP contribution < -0.4 is 17.0 Å². The van der Waals surface area contributed by atoms with Crippen molar-refractivity contribution in [2.45, 2.75) is 49.3 Å². The van der Waals surface area contributed by atoms with Gasteiger partial charge in [0.1, 0.15) is 36.3 Å². The number of aromatic nitrogens is 8. The third-order valence-electron chi connectivity index (χ3n) is 8.91. The third-order valence-corrected chi connectivity index (χ3v) is 11.4. The number of H-pyrrole nitrogens is 1. The number of nitrogens with zero attached hydrogens (tertiary/aromatic N) is 7. The Morgan fingerprint density at radius 3 is 2.65 bits per heavy atom. The van der Waals surface area contributed by atoms with Crippen LogP contribution in [-0.2, 0) is 39.2 Å². The molecule has 246 valence electrons. The van der Waals surface area contributed by atoms with Crippen LogP contribution in [0.5, 0.6) is 0 Å². The summed E-state index contributed by atoms with van der Waals surface area (Å²) < 4.78 is 59.9. The Bertz CT molecular complexity index is 2050. The van der Waals surface area contributed by atoms with E-state index >= 15 is 4.39 Å². The number of alkyl halides is 1. The Morgan fingerprint density at radius 1 is 1.09 bits per heavy atom. The van der Waals surface area contributed by atoms with Crippen molar-refractivity contribution in [3.8, 4) is 0 Å². The van der Waals surface area contributed by atoms with Crippen molar-refractivity contribution in [3.63, 3.8) is 0 Å². The van der Waals surface area contributed by atoms with E-state index in [4.69, 9.17) is 46.1 Å². The number of anilines is 2. The fourth-order valence-corrected chi connectivity index (χ4v) is 9.25. The van der Waals surface area contributed by atoms with E-state index in [0.29, 0.717) is 17.6 Å². The van der Waals surface area contributed by atoms with Gasteiger partial charge in [-0.25, -0.2) is 28.9 Å². The summed E-state index contributed by atoms with van der Waals surface area (Å²) in [5.74, 6) is -0.598. The summed E-state index contributed by atoms with van der Waals surface area (Å²) in [6, 6.07) is -0.758. The molecule has 2 saturated heterocycles. The number of hydrogen-bond acceptors (Lipinski definition) is 16. The lowest BCUT2D eigenvalue weighted by Crippen LogP contribution is -2.38. The molecule has 4 fully saturated rings. The number of phosphoric ester groups is 1. The molecule has 2 bridgehead atoms. The zero-order valence-electron chi connectivity index (χ0n) is 23.1. The summed E-state index contributed by atoms with van der Waals surface area (Å²) in [6.07, 6.45) is -5.58. The normalized spacial score (nSPS) is 41.0. The molecule has 4 aromatic rings. The van der Waals surface area contributed by atoms with Crippen LogP contribution in [0, 0.1) is 11.3 Å². The molecule has 2 aliphatic heterocycles. The highest BCUT2D eigenvalue weighted by Crippen LogP contribution is 2.72. The number of aliphatic hydroxyl groups is 1. The number of imidazole rings is 2. The van der Waals surface area contributed by atoms with Gasteiger partial charge in [-0.2, -0.15) is 4.98 Å². The quantitative estimate of drug-likeness (QED) is 0.142. The van der Waals surface area contributed by atoms with E-state index in [1.165, 1.54) is 12.7 Å². The van der Waals surface area contributed by atoms with Crippen molar-refractivity contribution >= 4 is 60.4 Å². The summed E-state index contributed by atoms with van der Waals surface area (Å²) >= 11 is 5.26. The molecule has 8 rings (SSSR count). The van der Waals surface area contributed by atoms with Gasteiger partial charge in [-0.1, -0.05) is 0 Å². The number of ether oxygens (including phenoxy) is 1. The highest BCUT2D eigenvalue weighted by atomic mass is 32.5. The van der Waals surface area contributed by atoms with Crippen molar-refractivity contribution in [3.05, 3.63) is 29.3 Å². The third kappa shape index (κ3) is 4.63. The highest BCUT2D eigenvalue weighted by molar-refractivity contribution is 8.07. The van der Waals surface area contributed by atoms with Gasteiger partial charge in [-0.15, -0.1) is 0 Å². The molecular weight excluding hydrogens is 677 g/mol. The van der Waals surface area contributed by atoms with Crippen LogP contribution in [0.15, 0.2) is 23.8 Å². The zero-order chi connectivity index (χ0) is 32.3. The van der Waals surface area contributed by atoms with Gasteiger partial charge in [-0.3, -0.25) is 23.4 Å². The standard InChI is InChI=1S/C22H25FN10O10P2S/c23-9-8-2-39-45(38,46)43-15-13(34)12(32-5-28-10-16(24)26-4-27-17(10)32)7-1-22(7,15)3-40-44(36,37)42-14(9)20(41-8)33-6-29-11-18(33)30-21(25)31-19(11)35/h4-9,12-15,20,34H,1-3H2,(H,36,37)(H,38,46)(H2,24,26,27)(H3,25,30,31,35)/t7?,8-,9-,12-,13+,14-,15+,20-,22-,45?/m1/s1. The number of rotatable bonds is 2. The molecule has 2 aliphatic carbocycles. The smallest absolute Gasteiger partial charge is 0.388 e. The fourth-order valence-electron chi connectivity index (χ4n) is 6.78. The fraction of sp³-hybridized carbons (Fsp3) is 0.545. The van der Waals surface area contributed by atoms with E-state index in [1.54, 1.807) is 4.57 Å². The predicted octanol–water partition coefficient (Wildman–Crippen LogP) is -0.584. The van der Waals surface area contributed by atoms with Gasteiger partial charge >= 0.3 is 14.5 Å². The molecule has 1 spiro atoms. The Morgan fingerprint density at radius 2 is 1.85 bits per heavy atom. The van der Waals surface area contributed by atoms with E-state index < -0.39 is 87.5 Å². The van der Waals surface area contributed by atoms with Crippen LogP contribution in [0.2, 0.25) is 0 Å². The molecule has 8 N–H and O–H groups in total. The molecular formula is C22H25FN10O10P2S. The molecule has 2 saturated carbocycles. The number of nitrogens with one attached hydrogen (secondary N) is 1. The minimum atomic E-state index is -5.08. The van der Waals surface area contributed by atoms with Crippen LogP contribution in [0.25, 0.3) is 22.3 Å². The molecule has 24 heteroatoms. The Hall–Kier alpha value is -3.01. The van der Waals surface area contributed by atoms with E-state index in [2.05, 4.69) is 29.9 Å². The molecule has 3 unspecified atom stereocenters. The average Bonchev–Trinajstić information content (AvgIpc) is 3.26. The molecule has 11 atom stereocenters. The summed E-state index contributed by atoms with van der Waals surface area (Å²) in [6.45, 7) is -5.43. The van der Waals surface area contributed by atoms with Gasteiger partial charge in [0.05, 0.1) is 31.9 Å². The topological polar surface area (TPSA) is 283 Å². The Kier molecular flexibility index (Phi) is 6.75. The maximum absolute atomic E-state index is 15.9. The lowest BCUT2D eigenvalue weighted by atomic mass is 10.0. The van der Waals surface area contributed by atoms with Crippen LogP contribution in [0.4, 0.5) is 16.2 Å². The molecule has 4 aliphatic rings. The van der Waals surface area contributed by atoms with Gasteiger partial charge in [0.15, 0.2) is 35.0 Å². The number of fused-ring (bicyclic) bond motifs is 4. The first kappa shape index (κ1) is 30.3. The summed E-state index contributed by atoms with van der Waals surface area (Å²) in [5.41, 5.74) is 10.1. The van der Waals surface area contributed by atoms with Crippen LogP contribution in [0.3, 0.4) is 0 Å². The molecule has 6 heterocycles. The number of nitrogen functional groups attached to an aromatic ring is 2. The SMILES string of the molecule is Nc1nc2c(ncn2[C@@H]2O[C@@H]3COP(O)(=S)O[C@H]4[C@@H](O)[C@H](n5cnc6c(N)ncnc65)C5C[C@@]54COP(=O)(O)O[C@@H]2[C@@H]3F)c(=O)[nH]1. The maximum Gasteiger partial charge on any atom is 0.472 e. The Balaban J connectivity index is 1.14. The summed E-state index contributed by atoms with van der Waals surface area (Å²) in [7, 11) is -5.08. The number of nitrogens with two attached hydrogens (primary N) is 2. The number of aromatic amines is 1. The van der Waals surface area contributed by atoms with E-state index in [-0.39, 0.29) is 22.9 Å². The molecule has 0 amide bonds. The van der Waals surface area contributed by atoms with Gasteiger partial charge in [0, 0.05) is 5.41 Å². The number of hydrogen-bond donors (Lipinski definition) is 6. The van der Waals surface area contributed by atoms with Crippen molar-refractivity contribution in [2.24, 2.45) is 11.3 Å². The first-order valence-electron chi connectivity index (χ1n) is 13.7. The summed E-state index contributed by atoms with van der Waals surface area (Å²) in [4.78, 5) is 57.0. The monoisotopic (exact) mass is 702 g/mol. The summed E-state index contributed by atoms with van der Waals surface area (Å²) in [5, 5.41) is 11.5. The van der Waals surface area contributed by atoms with Crippen molar-refractivity contribution in [1.82, 2.24) is 39.0 Å². The number of aliphatic hydroxyl groups excluding tert-OH is 1. The number of halogens is 1. The van der Waals surface area contributed by atoms with Crippen LogP contribution in [0.1, 0.15) is 18.7 Å².